The van der Waals surface area contributed by atoms with E-state index in [1.807, 2.05) is 20.8 Å². The molecule has 1 aromatic rings. The third kappa shape index (κ3) is 4.45. The van der Waals surface area contributed by atoms with Gasteiger partial charge in [0.15, 0.2) is 0 Å². The number of nitrogens with zero attached hydrogens (tertiary/aromatic N) is 3. The van der Waals surface area contributed by atoms with Crippen LogP contribution in [0.3, 0.4) is 0 Å². The number of hydrogen-bond acceptors (Lipinski definition) is 6. The Morgan fingerprint density at radius 2 is 1.95 bits per heavy atom. The van der Waals surface area contributed by atoms with E-state index in [4.69, 9.17) is 9.15 Å². The highest BCUT2D eigenvalue weighted by Crippen LogP contribution is 2.18. The van der Waals surface area contributed by atoms with Gasteiger partial charge in [0.1, 0.15) is 16.3 Å². The smallest absolute Gasteiger partial charge is 0.433 e. The van der Waals surface area contributed by atoms with E-state index in [9.17, 15) is 14.9 Å². The summed E-state index contributed by atoms with van der Waals surface area (Å²) in [6.07, 6.45) is -0.305. The van der Waals surface area contributed by atoms with E-state index < -0.39 is 10.5 Å². The lowest BCUT2D eigenvalue weighted by Gasteiger charge is -2.35. The molecule has 1 saturated heterocycles. The number of amides is 1. The fourth-order valence-electron chi connectivity index (χ4n) is 2.19. The minimum Gasteiger partial charge on any atom is -0.444 e. The molecule has 1 aromatic heterocycles. The first-order valence-corrected chi connectivity index (χ1v) is 7.18. The summed E-state index contributed by atoms with van der Waals surface area (Å²) in [5.41, 5.74) is -0.499. The molecule has 0 saturated carbocycles. The Kier molecular flexibility index (Phi) is 4.70. The Morgan fingerprint density at radius 3 is 2.45 bits per heavy atom. The molecular formula is C14H21N3O5. The molecule has 0 spiro atoms. The maximum absolute atomic E-state index is 11.9. The normalized spacial score (nSPS) is 16.6. The number of rotatable bonds is 3. The average Bonchev–Trinajstić information content (AvgIpc) is 2.86. The van der Waals surface area contributed by atoms with Crippen LogP contribution in [0.15, 0.2) is 16.5 Å². The summed E-state index contributed by atoms with van der Waals surface area (Å²) in [6.45, 7) is 8.49. The van der Waals surface area contributed by atoms with E-state index in [1.165, 1.54) is 6.07 Å². The van der Waals surface area contributed by atoms with Crippen molar-refractivity contribution in [3.63, 3.8) is 0 Å². The lowest BCUT2D eigenvalue weighted by molar-refractivity contribution is -0.402. The van der Waals surface area contributed by atoms with Crippen LogP contribution in [0, 0.1) is 10.1 Å². The van der Waals surface area contributed by atoms with Gasteiger partial charge in [-0.2, -0.15) is 0 Å². The molecule has 1 aliphatic rings. The Balaban J connectivity index is 1.81. The van der Waals surface area contributed by atoms with E-state index >= 15 is 0 Å². The molecule has 0 aromatic carbocycles. The predicted octanol–water partition coefficient (Wildman–Crippen LogP) is 2.24. The fourth-order valence-corrected chi connectivity index (χ4v) is 2.19. The molecule has 1 amide bonds. The van der Waals surface area contributed by atoms with Gasteiger partial charge in [-0.25, -0.2) is 4.79 Å². The van der Waals surface area contributed by atoms with Crippen molar-refractivity contribution in [1.82, 2.24) is 9.80 Å². The van der Waals surface area contributed by atoms with Crippen LogP contribution in [0.4, 0.5) is 10.7 Å². The summed E-state index contributed by atoms with van der Waals surface area (Å²) < 4.78 is 10.5. The number of carbonyl (C=O) groups excluding carboxylic acids is 1. The number of furan rings is 1. The molecule has 8 nitrogen and oxygen atoms in total. The molecule has 0 N–H and O–H groups in total. The molecule has 1 fully saturated rings. The van der Waals surface area contributed by atoms with Gasteiger partial charge in [0.25, 0.3) is 0 Å². The summed E-state index contributed by atoms with van der Waals surface area (Å²) in [6, 6.07) is 2.96. The largest absolute Gasteiger partial charge is 0.444 e. The lowest BCUT2D eigenvalue weighted by Crippen LogP contribution is -2.49. The molecule has 0 aliphatic carbocycles. The van der Waals surface area contributed by atoms with E-state index in [1.54, 1.807) is 11.0 Å². The summed E-state index contributed by atoms with van der Waals surface area (Å²) in [5.74, 6) is 0.305. The van der Waals surface area contributed by atoms with Gasteiger partial charge >= 0.3 is 12.0 Å². The first-order valence-electron chi connectivity index (χ1n) is 7.18. The van der Waals surface area contributed by atoms with Crippen LogP contribution in [-0.4, -0.2) is 52.6 Å². The summed E-state index contributed by atoms with van der Waals surface area (Å²) in [7, 11) is 0. The molecule has 0 radical (unpaired) electrons. The second-order valence-corrected chi connectivity index (χ2v) is 6.24. The van der Waals surface area contributed by atoms with Crippen LogP contribution in [0.2, 0.25) is 0 Å². The van der Waals surface area contributed by atoms with Crippen molar-refractivity contribution in [2.24, 2.45) is 0 Å². The number of carbonyl (C=O) groups is 1. The molecule has 0 unspecified atom stereocenters. The minimum atomic E-state index is -0.552. The van der Waals surface area contributed by atoms with Gasteiger partial charge in [0.2, 0.25) is 0 Å². The maximum Gasteiger partial charge on any atom is 0.433 e. The molecule has 122 valence electrons. The topological polar surface area (TPSA) is 89.1 Å². The zero-order valence-corrected chi connectivity index (χ0v) is 13.1. The van der Waals surface area contributed by atoms with Gasteiger partial charge in [0.05, 0.1) is 12.6 Å². The van der Waals surface area contributed by atoms with Gasteiger partial charge in [-0.3, -0.25) is 15.0 Å². The van der Waals surface area contributed by atoms with Crippen molar-refractivity contribution >= 4 is 12.0 Å². The maximum atomic E-state index is 11.9. The zero-order chi connectivity index (χ0) is 16.3. The molecule has 8 heteroatoms. The first kappa shape index (κ1) is 16.3. The Bertz CT molecular complexity index is 541. The molecular weight excluding hydrogens is 290 g/mol. The van der Waals surface area contributed by atoms with Crippen molar-refractivity contribution in [2.45, 2.75) is 32.9 Å². The highest BCUT2D eigenvalue weighted by atomic mass is 16.6. The molecule has 1 aliphatic heterocycles. The lowest BCUT2D eigenvalue weighted by atomic mass is 10.2. The summed E-state index contributed by atoms with van der Waals surface area (Å²) in [5, 5.41) is 10.6. The minimum absolute atomic E-state index is 0.248. The van der Waals surface area contributed by atoms with Crippen molar-refractivity contribution in [3.05, 3.63) is 28.0 Å². The van der Waals surface area contributed by atoms with Crippen LogP contribution >= 0.6 is 0 Å². The third-order valence-corrected chi connectivity index (χ3v) is 3.23. The third-order valence-electron chi connectivity index (χ3n) is 3.23. The van der Waals surface area contributed by atoms with Gasteiger partial charge in [0, 0.05) is 26.2 Å². The molecule has 0 bridgehead atoms. The summed E-state index contributed by atoms with van der Waals surface area (Å²) in [4.78, 5) is 25.7. The SMILES string of the molecule is CC(C)(C)OC(=O)N1CCN(Cc2ccc([N+](=O)[O-])o2)CC1. The Morgan fingerprint density at radius 1 is 1.32 bits per heavy atom. The fraction of sp³-hybridized carbons (Fsp3) is 0.643. The van der Waals surface area contributed by atoms with Gasteiger partial charge in [-0.1, -0.05) is 0 Å². The van der Waals surface area contributed by atoms with Crippen molar-refractivity contribution < 1.29 is 18.9 Å². The number of ether oxygens (including phenoxy) is 1. The highest BCUT2D eigenvalue weighted by molar-refractivity contribution is 5.68. The average molecular weight is 311 g/mol. The van der Waals surface area contributed by atoms with E-state index in [-0.39, 0.29) is 12.0 Å². The highest BCUT2D eigenvalue weighted by Gasteiger charge is 2.26. The van der Waals surface area contributed by atoms with Crippen LogP contribution in [0.25, 0.3) is 0 Å². The number of piperazine rings is 1. The quantitative estimate of drug-likeness (QED) is 0.628. The monoisotopic (exact) mass is 311 g/mol. The first-order chi connectivity index (χ1) is 10.2. The Labute approximate surface area is 128 Å². The van der Waals surface area contributed by atoms with E-state index in [0.717, 1.165) is 0 Å². The van der Waals surface area contributed by atoms with Crippen LogP contribution in [-0.2, 0) is 11.3 Å². The second kappa shape index (κ2) is 6.35. The predicted molar refractivity (Wildman–Crippen MR) is 78.4 cm³/mol. The molecule has 2 heterocycles. The van der Waals surface area contributed by atoms with Crippen molar-refractivity contribution in [2.75, 3.05) is 26.2 Å². The van der Waals surface area contributed by atoms with Crippen LogP contribution < -0.4 is 0 Å². The van der Waals surface area contributed by atoms with E-state index in [2.05, 4.69) is 4.90 Å². The summed E-state index contributed by atoms with van der Waals surface area (Å²) >= 11 is 0. The van der Waals surface area contributed by atoms with Crippen LogP contribution in [0.5, 0.6) is 0 Å². The molecule has 22 heavy (non-hydrogen) atoms. The van der Waals surface area contributed by atoms with Crippen LogP contribution in [0.1, 0.15) is 26.5 Å². The van der Waals surface area contributed by atoms with E-state index in [0.29, 0.717) is 38.5 Å². The number of nitro groups is 1. The van der Waals surface area contributed by atoms with Gasteiger partial charge in [-0.05, 0) is 26.8 Å². The Hall–Kier alpha value is -2.09. The van der Waals surface area contributed by atoms with Gasteiger partial charge < -0.3 is 14.1 Å². The standard InChI is InChI=1S/C14H21N3O5/c1-14(2,3)22-13(18)16-8-6-15(7-9-16)10-11-4-5-12(21-11)17(19)20/h4-5H,6-10H2,1-3H3. The van der Waals surface area contributed by atoms with Gasteiger partial charge in [-0.15, -0.1) is 0 Å². The zero-order valence-electron chi connectivity index (χ0n) is 13.1. The van der Waals surface area contributed by atoms with Crippen molar-refractivity contribution in [3.8, 4) is 0 Å². The number of hydrogen-bond donors (Lipinski definition) is 0. The molecule has 2 rings (SSSR count). The van der Waals surface area contributed by atoms with Crippen molar-refractivity contribution in [1.29, 1.82) is 0 Å². The second-order valence-electron chi connectivity index (χ2n) is 6.24. The molecule has 0 atom stereocenters.